The summed E-state index contributed by atoms with van der Waals surface area (Å²) in [6.07, 6.45) is -2.84. The van der Waals surface area contributed by atoms with E-state index < -0.39 is 29.6 Å². The van der Waals surface area contributed by atoms with E-state index in [2.05, 4.69) is 9.72 Å². The molecular weight excluding hydrogens is 425 g/mol. The van der Waals surface area contributed by atoms with Crippen LogP contribution in [0.3, 0.4) is 0 Å². The lowest BCUT2D eigenvalue weighted by Gasteiger charge is -2.24. The van der Waals surface area contributed by atoms with Crippen LogP contribution in [0.25, 0.3) is 10.9 Å². The van der Waals surface area contributed by atoms with Crippen LogP contribution in [0.5, 0.6) is 5.75 Å². The van der Waals surface area contributed by atoms with Gasteiger partial charge in [0.1, 0.15) is 11.3 Å². The fourth-order valence-corrected chi connectivity index (χ4v) is 4.41. The minimum Gasteiger partial charge on any atom is -0.406 e. The van der Waals surface area contributed by atoms with Gasteiger partial charge in [0.15, 0.2) is 0 Å². The van der Waals surface area contributed by atoms with Crippen LogP contribution in [0, 0.1) is 5.92 Å². The predicted molar refractivity (Wildman–Crippen MR) is 111 cm³/mol. The van der Waals surface area contributed by atoms with Crippen molar-refractivity contribution in [2.75, 3.05) is 15.5 Å². The fourth-order valence-electron chi connectivity index (χ4n) is 4.41. The first kappa shape index (κ1) is 20.1. The molecule has 1 saturated heterocycles. The van der Waals surface area contributed by atoms with Crippen molar-refractivity contribution in [1.82, 2.24) is 4.98 Å². The van der Waals surface area contributed by atoms with E-state index in [9.17, 15) is 22.8 Å². The molecule has 2 aromatic carbocycles. The topological polar surface area (TPSA) is 88.8 Å². The first-order chi connectivity index (χ1) is 15.1. The fraction of sp³-hybridized carbons (Fsp3) is 0.227. The summed E-state index contributed by atoms with van der Waals surface area (Å²) in [6, 6.07) is 10.9. The Morgan fingerprint density at radius 2 is 1.81 bits per heavy atom. The largest absolute Gasteiger partial charge is 0.573 e. The lowest BCUT2D eigenvalue weighted by atomic mass is 10.1. The Hall–Kier alpha value is -3.82. The summed E-state index contributed by atoms with van der Waals surface area (Å²) in [6.45, 7) is 1.87. The predicted octanol–water partition coefficient (Wildman–Crippen LogP) is 4.47. The summed E-state index contributed by atoms with van der Waals surface area (Å²) in [5, 5.41) is 0.561. The number of aromatic nitrogens is 1. The summed E-state index contributed by atoms with van der Waals surface area (Å²) >= 11 is 0. The van der Waals surface area contributed by atoms with Crippen LogP contribution in [0.1, 0.15) is 13.3 Å². The normalized spacial score (nSPS) is 22.8. The third kappa shape index (κ3) is 2.86. The maximum absolute atomic E-state index is 13.5. The number of pyridine rings is 1. The second-order valence-corrected chi connectivity index (χ2v) is 7.90. The zero-order valence-electron chi connectivity index (χ0n) is 16.8. The SMILES string of the molecule is CC1CC12C(=O)N(c1ccc(OC(F)(F)F)cc1)C(=O)N2c1ccnc2cccc(N)c12. The molecule has 2 unspecified atom stereocenters. The Morgan fingerprint density at radius 1 is 1.12 bits per heavy atom. The Labute approximate surface area is 180 Å². The average molecular weight is 442 g/mol. The Morgan fingerprint density at radius 3 is 2.44 bits per heavy atom. The molecule has 1 aromatic heterocycles. The van der Waals surface area contributed by atoms with E-state index >= 15 is 0 Å². The number of fused-ring (bicyclic) bond motifs is 1. The molecule has 7 nitrogen and oxygen atoms in total. The highest BCUT2D eigenvalue weighted by Crippen LogP contribution is 2.56. The molecule has 2 heterocycles. The van der Waals surface area contributed by atoms with E-state index in [4.69, 9.17) is 5.73 Å². The number of carbonyl (C=O) groups is 2. The number of anilines is 3. The minimum absolute atomic E-state index is 0.107. The van der Waals surface area contributed by atoms with Gasteiger partial charge in [-0.3, -0.25) is 14.7 Å². The van der Waals surface area contributed by atoms with Gasteiger partial charge in [0.25, 0.3) is 5.91 Å². The number of nitrogens with zero attached hydrogens (tertiary/aromatic N) is 3. The van der Waals surface area contributed by atoms with Gasteiger partial charge in [0, 0.05) is 17.3 Å². The minimum atomic E-state index is -4.84. The molecule has 1 aliphatic heterocycles. The molecule has 1 saturated carbocycles. The van der Waals surface area contributed by atoms with E-state index in [1.807, 2.05) is 6.92 Å². The summed E-state index contributed by atoms with van der Waals surface area (Å²) in [7, 11) is 0. The van der Waals surface area contributed by atoms with Crippen molar-refractivity contribution in [2.24, 2.45) is 5.92 Å². The number of carbonyl (C=O) groups excluding carboxylic acids is 2. The molecule has 2 atom stereocenters. The molecule has 1 spiro atoms. The van der Waals surface area contributed by atoms with Crippen molar-refractivity contribution in [3.63, 3.8) is 0 Å². The molecule has 3 amide bonds. The first-order valence-corrected chi connectivity index (χ1v) is 9.81. The van der Waals surface area contributed by atoms with Crippen molar-refractivity contribution in [1.29, 1.82) is 0 Å². The van der Waals surface area contributed by atoms with E-state index in [1.54, 1.807) is 30.5 Å². The molecule has 5 rings (SSSR count). The van der Waals surface area contributed by atoms with Crippen molar-refractivity contribution < 1.29 is 27.5 Å². The van der Waals surface area contributed by atoms with Crippen molar-refractivity contribution in [3.05, 3.63) is 54.7 Å². The zero-order chi connectivity index (χ0) is 22.8. The van der Waals surface area contributed by atoms with Crippen LogP contribution in [0.4, 0.5) is 35.0 Å². The van der Waals surface area contributed by atoms with Gasteiger partial charge in [-0.2, -0.15) is 0 Å². The molecule has 1 aliphatic carbocycles. The molecule has 164 valence electrons. The number of benzene rings is 2. The van der Waals surface area contributed by atoms with Crippen LogP contribution < -0.4 is 20.3 Å². The number of halogens is 3. The number of urea groups is 1. The van der Waals surface area contributed by atoms with E-state index in [1.165, 1.54) is 17.0 Å². The number of hydrogen-bond acceptors (Lipinski definition) is 5. The van der Waals surface area contributed by atoms with Gasteiger partial charge in [-0.05, 0) is 54.8 Å². The lowest BCUT2D eigenvalue weighted by molar-refractivity contribution is -0.274. The van der Waals surface area contributed by atoms with E-state index in [0.717, 1.165) is 17.0 Å². The summed E-state index contributed by atoms with van der Waals surface area (Å²) in [4.78, 5) is 33.7. The third-order valence-electron chi connectivity index (χ3n) is 5.97. The van der Waals surface area contributed by atoms with Gasteiger partial charge in [-0.15, -0.1) is 13.2 Å². The number of amides is 3. The van der Waals surface area contributed by atoms with Crippen LogP contribution in [0.2, 0.25) is 0 Å². The van der Waals surface area contributed by atoms with Crippen LogP contribution in [-0.4, -0.2) is 28.8 Å². The molecule has 2 fully saturated rings. The van der Waals surface area contributed by atoms with Crippen LogP contribution in [0.15, 0.2) is 54.7 Å². The van der Waals surface area contributed by atoms with Gasteiger partial charge in [0.2, 0.25) is 0 Å². The van der Waals surface area contributed by atoms with Crippen LogP contribution >= 0.6 is 0 Å². The van der Waals surface area contributed by atoms with Gasteiger partial charge in [0.05, 0.1) is 16.9 Å². The highest BCUT2D eigenvalue weighted by molar-refractivity contribution is 6.33. The number of ether oxygens (including phenoxy) is 1. The van der Waals surface area contributed by atoms with Crippen molar-refractivity contribution in [2.45, 2.75) is 25.2 Å². The molecule has 32 heavy (non-hydrogen) atoms. The molecule has 0 bridgehead atoms. The smallest absolute Gasteiger partial charge is 0.406 e. The number of nitrogen functional groups attached to an aromatic ring is 1. The second kappa shape index (κ2) is 6.59. The molecule has 0 radical (unpaired) electrons. The monoisotopic (exact) mass is 442 g/mol. The summed E-state index contributed by atoms with van der Waals surface area (Å²) in [5.74, 6) is -0.983. The molecule has 10 heteroatoms. The first-order valence-electron chi connectivity index (χ1n) is 9.81. The highest BCUT2D eigenvalue weighted by Gasteiger charge is 2.70. The Kier molecular flexibility index (Phi) is 4.14. The number of alkyl halides is 3. The molecule has 3 aromatic rings. The number of nitrogens with two attached hydrogens (primary N) is 1. The lowest BCUT2D eigenvalue weighted by Crippen LogP contribution is -2.39. The summed E-state index contributed by atoms with van der Waals surface area (Å²) in [5.41, 5.74) is 6.73. The third-order valence-corrected chi connectivity index (χ3v) is 5.97. The quantitative estimate of drug-likeness (QED) is 0.478. The summed E-state index contributed by atoms with van der Waals surface area (Å²) < 4.78 is 41.2. The number of imide groups is 1. The van der Waals surface area contributed by atoms with Crippen molar-refractivity contribution >= 4 is 39.9 Å². The van der Waals surface area contributed by atoms with E-state index in [0.29, 0.717) is 28.7 Å². The molecule has 2 N–H and O–H groups in total. The number of rotatable bonds is 3. The Balaban J connectivity index is 1.59. The number of hydrogen-bond donors (Lipinski definition) is 1. The van der Waals surface area contributed by atoms with Gasteiger partial charge < -0.3 is 10.5 Å². The van der Waals surface area contributed by atoms with E-state index in [-0.39, 0.29) is 11.6 Å². The maximum atomic E-state index is 13.5. The van der Waals surface area contributed by atoms with Gasteiger partial charge in [-0.25, -0.2) is 9.69 Å². The van der Waals surface area contributed by atoms with Crippen LogP contribution in [-0.2, 0) is 4.79 Å². The van der Waals surface area contributed by atoms with Crippen molar-refractivity contribution in [3.8, 4) is 5.75 Å². The zero-order valence-corrected chi connectivity index (χ0v) is 16.8. The maximum Gasteiger partial charge on any atom is 0.573 e. The van der Waals surface area contributed by atoms with Gasteiger partial charge in [-0.1, -0.05) is 13.0 Å². The van der Waals surface area contributed by atoms with Gasteiger partial charge >= 0.3 is 12.4 Å². The second-order valence-electron chi connectivity index (χ2n) is 7.90. The highest BCUT2D eigenvalue weighted by atomic mass is 19.4. The standard InChI is InChI=1S/C22H17F3N4O3/c1-12-11-21(12)19(30)28(13-5-7-14(8-6-13)32-22(23,24)25)20(31)29(21)17-9-10-27-16-4-2-3-15(26)18(16)17/h2-10,12H,11,26H2,1H3. The Bertz CT molecular complexity index is 1260. The molecule has 2 aliphatic rings. The molecular formula is C22H17F3N4O3. The average Bonchev–Trinajstić information content (AvgIpc) is 3.34.